The lowest BCUT2D eigenvalue weighted by atomic mass is 9.53. The van der Waals surface area contributed by atoms with Gasteiger partial charge in [0, 0.05) is 17.8 Å². The van der Waals surface area contributed by atoms with Crippen LogP contribution in [0.25, 0.3) is 0 Å². The van der Waals surface area contributed by atoms with Crippen LogP contribution in [0.1, 0.15) is 32.1 Å². The number of esters is 2. The molecule has 6 rings (SSSR count). The molecule has 1 spiro atoms. The number of hydrogen-bond acceptors (Lipinski definition) is 10. The van der Waals surface area contributed by atoms with Gasteiger partial charge >= 0.3 is 27.3 Å². The molecule has 11 nitrogen and oxygen atoms in total. The average Bonchev–Trinajstić information content (AvgIpc) is 3.32. The lowest BCUT2D eigenvalue weighted by molar-refractivity contribution is -0.336. The van der Waals surface area contributed by atoms with Gasteiger partial charge in [-0.3, -0.25) is 4.55 Å². The van der Waals surface area contributed by atoms with Crippen molar-refractivity contribution in [3.8, 4) is 0 Å². The maximum atomic E-state index is 13.8. The molecule has 0 aromatic heterocycles. The molecule has 6 fully saturated rings. The number of aliphatic hydroxyl groups excluding tert-OH is 1. The molecule has 3 saturated heterocycles. The molecule has 33 heavy (non-hydrogen) atoms. The minimum Gasteiger partial charge on any atom is -0.457 e. The molecular formula is C19H22F2O11S. The van der Waals surface area contributed by atoms with E-state index in [1.165, 1.54) is 0 Å². The lowest BCUT2D eigenvalue weighted by Gasteiger charge is -2.59. The Morgan fingerprint density at radius 3 is 2.61 bits per heavy atom. The Morgan fingerprint density at radius 2 is 1.88 bits per heavy atom. The molecule has 2 N–H and O–H groups in total. The highest BCUT2D eigenvalue weighted by atomic mass is 32.2. The summed E-state index contributed by atoms with van der Waals surface area (Å²) in [6, 6.07) is 0. The maximum Gasteiger partial charge on any atom is 0.465 e. The summed E-state index contributed by atoms with van der Waals surface area (Å²) < 4.78 is 86.7. The smallest absolute Gasteiger partial charge is 0.457 e. The quantitative estimate of drug-likeness (QED) is 0.399. The molecule has 3 aliphatic carbocycles. The summed E-state index contributed by atoms with van der Waals surface area (Å²) in [4.78, 5) is 23.7. The Morgan fingerprint density at radius 1 is 1.12 bits per heavy atom. The van der Waals surface area contributed by atoms with Crippen LogP contribution >= 0.6 is 0 Å². The number of ether oxygens (including phenoxy) is 5. The number of hydrogen-bond donors (Lipinski definition) is 2. The second kappa shape index (κ2) is 6.82. The van der Waals surface area contributed by atoms with Crippen molar-refractivity contribution >= 4 is 22.1 Å². The first kappa shape index (κ1) is 22.0. The number of carbonyl (C=O) groups excluding carboxylic acids is 2. The van der Waals surface area contributed by atoms with Crippen LogP contribution in [0.5, 0.6) is 0 Å². The maximum absolute atomic E-state index is 13.8. The second-order valence-electron chi connectivity index (χ2n) is 9.79. The van der Waals surface area contributed by atoms with Crippen molar-refractivity contribution in [3.63, 3.8) is 0 Å². The standard InChI is InChI=1S/C19H22F2O11S/c20-19(21,33(25,26)27)17(24)28-10-5-7-3-6-1-2-8(10)9(4-6)18(7)31-14-13-12(30-16(14)32-18)11(22)15(23)29-13/h6-14,16,22H,1-5H2,(H,25,26,27). The Hall–Kier alpha value is -1.45. The van der Waals surface area contributed by atoms with E-state index in [2.05, 4.69) is 0 Å². The van der Waals surface area contributed by atoms with Crippen molar-refractivity contribution in [3.05, 3.63) is 0 Å². The van der Waals surface area contributed by atoms with Gasteiger partial charge in [0.15, 0.2) is 30.4 Å². The van der Waals surface area contributed by atoms with Gasteiger partial charge in [-0.25, -0.2) is 9.59 Å². The van der Waals surface area contributed by atoms with E-state index in [1.807, 2.05) is 0 Å². The van der Waals surface area contributed by atoms with E-state index in [-0.39, 0.29) is 18.3 Å². The molecule has 14 heteroatoms. The minimum absolute atomic E-state index is 0.0981. The fourth-order valence-electron chi connectivity index (χ4n) is 6.82. The summed E-state index contributed by atoms with van der Waals surface area (Å²) in [5, 5.41) is 4.87. The first-order valence-corrected chi connectivity index (χ1v) is 12.3. The van der Waals surface area contributed by atoms with Crippen LogP contribution in [0.15, 0.2) is 0 Å². The topological polar surface area (TPSA) is 155 Å². The number of fused-ring (bicyclic) bond motifs is 4. The third kappa shape index (κ3) is 2.91. The van der Waals surface area contributed by atoms with Gasteiger partial charge in [0.05, 0.1) is 0 Å². The molecule has 6 aliphatic rings. The van der Waals surface area contributed by atoms with Gasteiger partial charge in [0.25, 0.3) is 0 Å². The van der Waals surface area contributed by atoms with Crippen LogP contribution in [0, 0.1) is 23.7 Å². The van der Waals surface area contributed by atoms with Crippen LogP contribution in [-0.4, -0.2) is 77.9 Å². The van der Waals surface area contributed by atoms with Crippen molar-refractivity contribution in [1.82, 2.24) is 0 Å². The van der Waals surface area contributed by atoms with Crippen molar-refractivity contribution < 1.29 is 60.1 Å². The monoisotopic (exact) mass is 496 g/mol. The highest BCUT2D eigenvalue weighted by Crippen LogP contribution is 2.63. The summed E-state index contributed by atoms with van der Waals surface area (Å²) in [7, 11) is -5.97. The number of alkyl halides is 2. The van der Waals surface area contributed by atoms with E-state index in [1.54, 1.807) is 0 Å². The third-order valence-electron chi connectivity index (χ3n) is 8.16. The van der Waals surface area contributed by atoms with Gasteiger partial charge in [-0.1, -0.05) is 6.42 Å². The van der Waals surface area contributed by atoms with E-state index >= 15 is 0 Å². The van der Waals surface area contributed by atoms with Gasteiger partial charge in [-0.05, 0) is 31.6 Å². The van der Waals surface area contributed by atoms with Gasteiger partial charge in [0.2, 0.25) is 0 Å². The molecule has 3 saturated carbocycles. The Labute approximate surface area is 186 Å². The van der Waals surface area contributed by atoms with Crippen molar-refractivity contribution in [2.45, 2.75) is 80.0 Å². The molecule has 3 heterocycles. The molecule has 0 radical (unpaired) electrons. The lowest BCUT2D eigenvalue weighted by Crippen LogP contribution is -2.63. The SMILES string of the molecule is O=C1OC2C3OC4(OC3OC2C1O)C1CC2CCC(C(OC(=O)C(F)(F)S(=O)(=O)O)C1)C4C2. The Balaban J connectivity index is 1.25. The van der Waals surface area contributed by atoms with E-state index in [9.17, 15) is 31.9 Å². The normalized spacial score (nSPS) is 50.2. The molecule has 11 atom stereocenters. The minimum atomic E-state index is -5.97. The Bertz CT molecular complexity index is 1000. The number of rotatable bonds is 3. The molecule has 0 aromatic rings. The van der Waals surface area contributed by atoms with E-state index in [0.717, 1.165) is 6.42 Å². The van der Waals surface area contributed by atoms with Gasteiger partial charge in [-0.2, -0.15) is 17.2 Å². The first-order chi connectivity index (χ1) is 15.4. The van der Waals surface area contributed by atoms with E-state index in [4.69, 9.17) is 28.2 Å². The van der Waals surface area contributed by atoms with Crippen molar-refractivity contribution in [1.29, 1.82) is 0 Å². The summed E-state index contributed by atoms with van der Waals surface area (Å²) in [5.41, 5.74) is 0. The fourth-order valence-corrected chi connectivity index (χ4v) is 7.08. The predicted octanol–water partition coefficient (Wildman–Crippen LogP) is -0.0422. The predicted molar refractivity (Wildman–Crippen MR) is 96.7 cm³/mol. The zero-order chi connectivity index (χ0) is 23.5. The van der Waals surface area contributed by atoms with Crippen molar-refractivity contribution in [2.24, 2.45) is 23.7 Å². The van der Waals surface area contributed by atoms with Gasteiger partial charge in [0.1, 0.15) is 12.2 Å². The zero-order valence-electron chi connectivity index (χ0n) is 17.0. The molecule has 0 amide bonds. The van der Waals surface area contributed by atoms with Gasteiger partial charge in [-0.15, -0.1) is 0 Å². The largest absolute Gasteiger partial charge is 0.465 e. The second-order valence-corrected chi connectivity index (χ2v) is 11.3. The van der Waals surface area contributed by atoms with Crippen molar-refractivity contribution in [2.75, 3.05) is 0 Å². The van der Waals surface area contributed by atoms with Crippen LogP contribution in [-0.2, 0) is 43.4 Å². The number of halogens is 2. The molecule has 3 bridgehead atoms. The average molecular weight is 496 g/mol. The number of aliphatic hydroxyl groups is 1. The Kier molecular flexibility index (Phi) is 4.55. The zero-order valence-corrected chi connectivity index (χ0v) is 17.9. The molecule has 3 aliphatic heterocycles. The molecule has 11 unspecified atom stereocenters. The van der Waals surface area contributed by atoms with Gasteiger partial charge < -0.3 is 28.8 Å². The van der Waals surface area contributed by atoms with Crippen LogP contribution in [0.4, 0.5) is 8.78 Å². The summed E-state index contributed by atoms with van der Waals surface area (Å²) in [6.45, 7) is 0. The fraction of sp³-hybridized carbons (Fsp3) is 0.895. The summed E-state index contributed by atoms with van der Waals surface area (Å²) in [5.74, 6) is -5.08. The first-order valence-electron chi connectivity index (χ1n) is 10.9. The molecular weight excluding hydrogens is 474 g/mol. The summed E-state index contributed by atoms with van der Waals surface area (Å²) >= 11 is 0. The van der Waals surface area contributed by atoms with Crippen LogP contribution in [0.2, 0.25) is 0 Å². The van der Waals surface area contributed by atoms with Crippen LogP contribution in [0.3, 0.4) is 0 Å². The summed E-state index contributed by atoms with van der Waals surface area (Å²) in [6.07, 6.45) is -3.16. The number of carbonyl (C=O) groups is 2. The highest BCUT2D eigenvalue weighted by Gasteiger charge is 2.72. The van der Waals surface area contributed by atoms with Crippen LogP contribution < -0.4 is 0 Å². The van der Waals surface area contributed by atoms with E-state index in [0.29, 0.717) is 25.2 Å². The third-order valence-corrected chi connectivity index (χ3v) is 8.98. The highest BCUT2D eigenvalue weighted by molar-refractivity contribution is 7.87. The molecule has 0 aromatic carbocycles. The molecule has 184 valence electrons. The van der Waals surface area contributed by atoms with E-state index < -0.39 is 75.8 Å².